The molecule has 1 aliphatic heterocycles. The van der Waals surface area contributed by atoms with Gasteiger partial charge in [0.1, 0.15) is 23.2 Å². The van der Waals surface area contributed by atoms with E-state index in [2.05, 4.69) is 15.2 Å². The predicted molar refractivity (Wildman–Crippen MR) is 142 cm³/mol. The number of phenolic OH excluding ortho intramolecular Hbond substituents is 1. The molecule has 0 unspecified atom stereocenters. The summed E-state index contributed by atoms with van der Waals surface area (Å²) in [4.78, 5) is 30.7. The van der Waals surface area contributed by atoms with E-state index in [9.17, 15) is 19.1 Å². The van der Waals surface area contributed by atoms with Crippen LogP contribution in [-0.4, -0.2) is 38.2 Å². The van der Waals surface area contributed by atoms with Crippen LogP contribution in [0.4, 0.5) is 16.0 Å². The molecule has 5 rings (SSSR count). The van der Waals surface area contributed by atoms with Gasteiger partial charge in [0.25, 0.3) is 0 Å². The fourth-order valence-corrected chi connectivity index (χ4v) is 4.85. The summed E-state index contributed by atoms with van der Waals surface area (Å²) in [6.07, 6.45) is 5.29. The monoisotopic (exact) mass is 521 g/mol. The van der Waals surface area contributed by atoms with Crippen molar-refractivity contribution in [1.82, 2.24) is 14.1 Å². The lowest BCUT2D eigenvalue weighted by Gasteiger charge is -2.19. The largest absolute Gasteiger partial charge is 0.507 e. The van der Waals surface area contributed by atoms with Gasteiger partial charge in [0.15, 0.2) is 0 Å². The Labute approximate surface area is 217 Å². The number of aryl methyl sites for hydroxylation is 1. The minimum atomic E-state index is -0.553. The molecule has 37 heavy (non-hydrogen) atoms. The van der Waals surface area contributed by atoms with Gasteiger partial charge in [-0.25, -0.2) is 14.2 Å². The maximum atomic E-state index is 14.9. The average molecular weight is 522 g/mol. The summed E-state index contributed by atoms with van der Waals surface area (Å²) in [5.41, 5.74) is 1.70. The van der Waals surface area contributed by atoms with Gasteiger partial charge in [0, 0.05) is 50.6 Å². The molecule has 0 saturated carbocycles. The van der Waals surface area contributed by atoms with Gasteiger partial charge in [-0.2, -0.15) is 0 Å². The average Bonchev–Trinajstić information content (AvgIpc) is 3.51. The lowest BCUT2D eigenvalue weighted by atomic mass is 9.97. The first-order valence-corrected chi connectivity index (χ1v) is 12.2. The maximum absolute atomic E-state index is 14.9. The van der Waals surface area contributed by atoms with E-state index in [1.54, 1.807) is 49.8 Å². The van der Waals surface area contributed by atoms with E-state index in [1.807, 2.05) is 0 Å². The number of hydrogen-bond donors (Lipinski definition) is 2. The van der Waals surface area contributed by atoms with E-state index in [-0.39, 0.29) is 33.5 Å². The molecule has 0 radical (unpaired) electrons. The molecule has 8 nitrogen and oxygen atoms in total. The van der Waals surface area contributed by atoms with Crippen LogP contribution < -0.4 is 15.9 Å². The molecular weight excluding hydrogens is 497 g/mol. The Morgan fingerprint density at radius 3 is 2.38 bits per heavy atom. The van der Waals surface area contributed by atoms with Crippen molar-refractivity contribution in [1.29, 1.82) is 0 Å². The molecular formula is C27H25ClFN5O3. The third kappa shape index (κ3) is 4.82. The number of carbonyl (C=O) groups is 1. The number of phenols is 1. The van der Waals surface area contributed by atoms with Crippen LogP contribution >= 0.6 is 11.6 Å². The molecule has 4 aromatic rings. The van der Waals surface area contributed by atoms with E-state index >= 15 is 0 Å². The molecule has 190 valence electrons. The van der Waals surface area contributed by atoms with Crippen molar-refractivity contribution >= 4 is 29.1 Å². The number of anilines is 2. The smallest absolute Gasteiger partial charge is 0.332 e. The van der Waals surface area contributed by atoms with Gasteiger partial charge in [-0.3, -0.25) is 9.36 Å². The number of nitrogens with one attached hydrogen (secondary N) is 1. The highest BCUT2D eigenvalue weighted by Crippen LogP contribution is 2.41. The Kier molecular flexibility index (Phi) is 6.47. The quantitative estimate of drug-likeness (QED) is 0.387. The van der Waals surface area contributed by atoms with Crippen molar-refractivity contribution in [2.45, 2.75) is 19.8 Å². The van der Waals surface area contributed by atoms with Crippen molar-refractivity contribution in [3.05, 3.63) is 76.2 Å². The molecule has 0 atom stereocenters. The molecule has 2 aromatic heterocycles. The molecule has 3 heterocycles. The van der Waals surface area contributed by atoms with Crippen LogP contribution in [0.3, 0.4) is 0 Å². The number of pyridine rings is 1. The van der Waals surface area contributed by atoms with E-state index in [0.29, 0.717) is 28.5 Å². The Morgan fingerprint density at radius 1 is 1.05 bits per heavy atom. The van der Waals surface area contributed by atoms with Crippen LogP contribution in [0.1, 0.15) is 19.8 Å². The zero-order valence-electron chi connectivity index (χ0n) is 20.3. The minimum absolute atomic E-state index is 0.144. The van der Waals surface area contributed by atoms with Gasteiger partial charge >= 0.3 is 5.69 Å². The van der Waals surface area contributed by atoms with Gasteiger partial charge in [-0.05, 0) is 60.4 Å². The van der Waals surface area contributed by atoms with Crippen molar-refractivity contribution in [3.8, 4) is 33.7 Å². The molecule has 0 bridgehead atoms. The molecule has 0 spiro atoms. The van der Waals surface area contributed by atoms with Gasteiger partial charge in [0.05, 0.1) is 10.7 Å². The van der Waals surface area contributed by atoms with E-state index in [1.165, 1.54) is 28.2 Å². The number of benzene rings is 2. The van der Waals surface area contributed by atoms with Gasteiger partial charge in [-0.1, -0.05) is 17.7 Å². The Balaban J connectivity index is 1.61. The fraction of sp³-hybridized carbons (Fsp3) is 0.222. The molecule has 1 saturated heterocycles. The number of nitrogens with zero attached hydrogens (tertiary/aromatic N) is 4. The second kappa shape index (κ2) is 9.74. The number of aromatic nitrogens is 3. The summed E-state index contributed by atoms with van der Waals surface area (Å²) in [6.45, 7) is 3.04. The minimum Gasteiger partial charge on any atom is -0.507 e. The second-order valence-corrected chi connectivity index (χ2v) is 9.46. The maximum Gasteiger partial charge on any atom is 0.332 e. The van der Waals surface area contributed by atoms with E-state index in [4.69, 9.17) is 11.6 Å². The summed E-state index contributed by atoms with van der Waals surface area (Å²) in [7, 11) is 1.64. The highest BCUT2D eigenvalue weighted by atomic mass is 35.5. The normalized spacial score (nSPS) is 13.2. The fourth-order valence-electron chi connectivity index (χ4n) is 4.58. The van der Waals surface area contributed by atoms with Crippen LogP contribution in [0.5, 0.6) is 5.75 Å². The number of halogens is 2. The van der Waals surface area contributed by atoms with Crippen molar-refractivity contribution < 1.29 is 14.3 Å². The number of aromatic hydroxyl groups is 1. The number of hydrogen-bond acceptors (Lipinski definition) is 5. The molecule has 2 N–H and O–H groups in total. The summed E-state index contributed by atoms with van der Waals surface area (Å²) in [6, 6.07) is 10.8. The summed E-state index contributed by atoms with van der Waals surface area (Å²) in [5, 5.41) is 14.2. The van der Waals surface area contributed by atoms with Crippen LogP contribution in [0.2, 0.25) is 5.02 Å². The summed E-state index contributed by atoms with van der Waals surface area (Å²) < 4.78 is 17.7. The lowest BCUT2D eigenvalue weighted by Crippen LogP contribution is -2.20. The molecule has 1 aliphatic rings. The van der Waals surface area contributed by atoms with Crippen LogP contribution in [0, 0.1) is 5.82 Å². The Bertz CT molecular complexity index is 1570. The molecule has 0 aliphatic carbocycles. The molecule has 10 heteroatoms. The first-order chi connectivity index (χ1) is 17.7. The van der Waals surface area contributed by atoms with Crippen molar-refractivity contribution in [3.63, 3.8) is 0 Å². The SMILES string of the molecule is CC(=O)Nc1cc(-c2cc(F)cc(-c3ccc(-n4ccn(C)c4=O)c(Cl)c3)c2O)cc(N2CCCC2)n1. The van der Waals surface area contributed by atoms with Crippen LogP contribution in [0.25, 0.3) is 27.9 Å². The molecule has 2 aromatic carbocycles. The van der Waals surface area contributed by atoms with Crippen LogP contribution in [-0.2, 0) is 11.8 Å². The highest BCUT2D eigenvalue weighted by molar-refractivity contribution is 6.32. The Morgan fingerprint density at radius 2 is 1.76 bits per heavy atom. The zero-order chi connectivity index (χ0) is 26.3. The number of rotatable bonds is 5. The third-order valence-electron chi connectivity index (χ3n) is 6.40. The third-order valence-corrected chi connectivity index (χ3v) is 6.70. The standard InChI is InChI=1S/C27H25ClFN5O3/c1-16(35)30-24-12-18(13-25(31-24)33-7-3-4-8-33)21-15-19(29)14-20(26(21)36)17-5-6-23(22(28)11-17)34-10-9-32(2)27(34)37/h5-6,9-15,36H,3-4,7-8H2,1-2H3,(H,30,31,35). The predicted octanol–water partition coefficient (Wildman–Crippen LogP) is 4.96. The van der Waals surface area contributed by atoms with Gasteiger partial charge in [0.2, 0.25) is 5.91 Å². The first kappa shape index (κ1) is 24.6. The van der Waals surface area contributed by atoms with E-state index < -0.39 is 5.82 Å². The first-order valence-electron chi connectivity index (χ1n) is 11.8. The van der Waals surface area contributed by atoms with Crippen molar-refractivity contribution in [2.24, 2.45) is 7.05 Å². The highest BCUT2D eigenvalue weighted by Gasteiger charge is 2.20. The molecule has 1 fully saturated rings. The zero-order valence-corrected chi connectivity index (χ0v) is 21.1. The number of amides is 1. The number of imidazole rings is 1. The second-order valence-electron chi connectivity index (χ2n) is 9.05. The lowest BCUT2D eigenvalue weighted by molar-refractivity contribution is -0.114. The summed E-state index contributed by atoms with van der Waals surface area (Å²) >= 11 is 6.51. The Hall–Kier alpha value is -4.11. The van der Waals surface area contributed by atoms with E-state index in [0.717, 1.165) is 25.9 Å². The van der Waals surface area contributed by atoms with Gasteiger partial charge in [-0.15, -0.1) is 0 Å². The number of carbonyl (C=O) groups excluding carboxylic acids is 1. The van der Waals surface area contributed by atoms with Crippen LogP contribution in [0.15, 0.2) is 59.7 Å². The van der Waals surface area contributed by atoms with Gasteiger partial charge < -0.3 is 19.9 Å². The van der Waals surface area contributed by atoms with Crippen molar-refractivity contribution in [2.75, 3.05) is 23.3 Å². The topological polar surface area (TPSA) is 92.4 Å². The summed E-state index contributed by atoms with van der Waals surface area (Å²) in [5.74, 6) is -0.0202. The molecule has 1 amide bonds.